The Balaban J connectivity index is 2.00. The van der Waals surface area contributed by atoms with Gasteiger partial charge in [-0.2, -0.15) is 0 Å². The Labute approximate surface area is 132 Å². The van der Waals surface area contributed by atoms with Gasteiger partial charge in [-0.3, -0.25) is 0 Å². The summed E-state index contributed by atoms with van der Waals surface area (Å²) in [6.45, 7) is 1.60. The zero-order valence-electron chi connectivity index (χ0n) is 12.0. The van der Waals surface area contributed by atoms with E-state index >= 15 is 0 Å². The molecule has 0 amide bonds. The van der Waals surface area contributed by atoms with Gasteiger partial charge >= 0.3 is 0 Å². The first-order valence-electron chi connectivity index (χ1n) is 6.60. The normalized spacial score (nSPS) is 10.5. The predicted molar refractivity (Wildman–Crippen MR) is 83.0 cm³/mol. The zero-order chi connectivity index (χ0) is 15.2. The van der Waals surface area contributed by atoms with Gasteiger partial charge in [-0.1, -0.05) is 12.1 Å². The standard InChI is InChI=1S/C16H17BrFNO2/c1-20-15-8-12(7-14(17)16(15)21-2)10-19-9-11-3-5-13(18)6-4-11/h3-8,19H,9-10H2,1-2H3/p+1. The van der Waals surface area contributed by atoms with E-state index in [4.69, 9.17) is 9.47 Å². The van der Waals surface area contributed by atoms with Crippen molar-refractivity contribution in [1.82, 2.24) is 0 Å². The quantitative estimate of drug-likeness (QED) is 0.865. The van der Waals surface area contributed by atoms with Crippen LogP contribution in [-0.2, 0) is 13.1 Å². The monoisotopic (exact) mass is 354 g/mol. The first-order valence-corrected chi connectivity index (χ1v) is 7.40. The number of hydrogen-bond acceptors (Lipinski definition) is 2. The maximum Gasteiger partial charge on any atom is 0.174 e. The minimum absolute atomic E-state index is 0.206. The van der Waals surface area contributed by atoms with E-state index < -0.39 is 0 Å². The van der Waals surface area contributed by atoms with Gasteiger partial charge in [0, 0.05) is 11.1 Å². The lowest BCUT2D eigenvalue weighted by molar-refractivity contribution is -0.686. The minimum atomic E-state index is -0.206. The van der Waals surface area contributed by atoms with Gasteiger partial charge in [-0.05, 0) is 40.2 Å². The Morgan fingerprint density at radius 2 is 1.67 bits per heavy atom. The average Bonchev–Trinajstić information content (AvgIpc) is 2.48. The molecule has 2 aromatic rings. The maximum atomic E-state index is 12.8. The molecular weight excluding hydrogens is 337 g/mol. The van der Waals surface area contributed by atoms with E-state index in [-0.39, 0.29) is 5.82 Å². The molecule has 0 heterocycles. The Bertz CT molecular complexity index is 602. The molecule has 3 nitrogen and oxygen atoms in total. The van der Waals surface area contributed by atoms with Gasteiger partial charge in [-0.25, -0.2) is 4.39 Å². The first kappa shape index (κ1) is 15.8. The minimum Gasteiger partial charge on any atom is -0.493 e. The van der Waals surface area contributed by atoms with E-state index in [1.807, 2.05) is 12.1 Å². The van der Waals surface area contributed by atoms with Crippen molar-refractivity contribution >= 4 is 15.9 Å². The van der Waals surface area contributed by atoms with E-state index in [0.717, 1.165) is 28.7 Å². The molecule has 0 unspecified atom stereocenters. The fourth-order valence-electron chi connectivity index (χ4n) is 2.12. The highest BCUT2D eigenvalue weighted by atomic mass is 79.9. The van der Waals surface area contributed by atoms with Crippen LogP contribution in [0.2, 0.25) is 0 Å². The highest BCUT2D eigenvalue weighted by Gasteiger charge is 2.11. The summed E-state index contributed by atoms with van der Waals surface area (Å²) in [4.78, 5) is 0. The molecule has 0 aliphatic heterocycles. The molecule has 112 valence electrons. The smallest absolute Gasteiger partial charge is 0.174 e. The van der Waals surface area contributed by atoms with Crippen LogP contribution < -0.4 is 14.8 Å². The largest absolute Gasteiger partial charge is 0.493 e. The van der Waals surface area contributed by atoms with Crippen LogP contribution in [0.5, 0.6) is 11.5 Å². The molecule has 0 fully saturated rings. The van der Waals surface area contributed by atoms with Gasteiger partial charge < -0.3 is 14.8 Å². The Hall–Kier alpha value is -1.59. The van der Waals surface area contributed by atoms with Crippen molar-refractivity contribution in [3.8, 4) is 11.5 Å². The average molecular weight is 355 g/mol. The summed E-state index contributed by atoms with van der Waals surface area (Å²) in [5, 5.41) is 2.15. The van der Waals surface area contributed by atoms with E-state index in [9.17, 15) is 4.39 Å². The molecule has 5 heteroatoms. The summed E-state index contributed by atoms with van der Waals surface area (Å²) in [6, 6.07) is 10.5. The highest BCUT2D eigenvalue weighted by Crippen LogP contribution is 2.35. The highest BCUT2D eigenvalue weighted by molar-refractivity contribution is 9.10. The third kappa shape index (κ3) is 4.19. The Kier molecular flexibility index (Phi) is 5.59. The van der Waals surface area contributed by atoms with E-state index in [1.165, 1.54) is 12.1 Å². The molecule has 21 heavy (non-hydrogen) atoms. The molecule has 2 aromatic carbocycles. The second-order valence-electron chi connectivity index (χ2n) is 4.64. The van der Waals surface area contributed by atoms with Crippen LogP contribution in [0.25, 0.3) is 0 Å². The van der Waals surface area contributed by atoms with Crippen LogP contribution >= 0.6 is 15.9 Å². The number of quaternary nitrogens is 1. The molecule has 2 rings (SSSR count). The van der Waals surface area contributed by atoms with Crippen LogP contribution in [0.4, 0.5) is 4.39 Å². The van der Waals surface area contributed by atoms with Crippen molar-refractivity contribution in [2.75, 3.05) is 14.2 Å². The first-order chi connectivity index (χ1) is 10.1. The summed E-state index contributed by atoms with van der Waals surface area (Å²) < 4.78 is 24.3. The summed E-state index contributed by atoms with van der Waals surface area (Å²) in [5.41, 5.74) is 2.22. The number of ether oxygens (including phenoxy) is 2. The molecule has 0 saturated carbocycles. The van der Waals surface area contributed by atoms with Gasteiger partial charge in [0.15, 0.2) is 11.5 Å². The van der Waals surface area contributed by atoms with Crippen LogP contribution in [-0.4, -0.2) is 14.2 Å². The van der Waals surface area contributed by atoms with Crippen molar-refractivity contribution in [2.24, 2.45) is 0 Å². The summed E-state index contributed by atoms with van der Waals surface area (Å²) in [6.07, 6.45) is 0. The number of methoxy groups -OCH3 is 2. The van der Waals surface area contributed by atoms with Gasteiger partial charge in [0.1, 0.15) is 18.9 Å². The predicted octanol–water partition coefficient (Wildman–Crippen LogP) is 2.87. The second kappa shape index (κ2) is 7.43. The molecule has 0 bridgehead atoms. The van der Waals surface area contributed by atoms with Gasteiger partial charge in [0.2, 0.25) is 0 Å². The van der Waals surface area contributed by atoms with Crippen molar-refractivity contribution in [3.63, 3.8) is 0 Å². The van der Waals surface area contributed by atoms with Crippen molar-refractivity contribution in [1.29, 1.82) is 0 Å². The van der Waals surface area contributed by atoms with Crippen LogP contribution in [0.3, 0.4) is 0 Å². The third-order valence-electron chi connectivity index (χ3n) is 3.17. The summed E-state index contributed by atoms with van der Waals surface area (Å²) in [5.74, 6) is 1.19. The van der Waals surface area contributed by atoms with Crippen LogP contribution in [0.15, 0.2) is 40.9 Å². The van der Waals surface area contributed by atoms with E-state index in [1.54, 1.807) is 26.4 Å². The SMILES string of the molecule is COc1cc(C[NH2+]Cc2ccc(F)cc2)cc(Br)c1OC. The number of rotatable bonds is 6. The molecule has 0 aliphatic rings. The zero-order valence-corrected chi connectivity index (χ0v) is 13.6. The Morgan fingerprint density at radius 1 is 1.00 bits per heavy atom. The lowest BCUT2D eigenvalue weighted by atomic mass is 10.2. The Morgan fingerprint density at radius 3 is 2.29 bits per heavy atom. The van der Waals surface area contributed by atoms with E-state index in [2.05, 4.69) is 21.2 Å². The maximum absolute atomic E-state index is 12.8. The van der Waals surface area contributed by atoms with Crippen molar-refractivity contribution in [3.05, 3.63) is 57.8 Å². The number of nitrogens with two attached hydrogens (primary N) is 1. The number of benzene rings is 2. The molecule has 0 atom stereocenters. The summed E-state index contributed by atoms with van der Waals surface area (Å²) >= 11 is 3.48. The number of hydrogen-bond donors (Lipinski definition) is 1. The van der Waals surface area contributed by atoms with Gasteiger partial charge in [-0.15, -0.1) is 0 Å². The van der Waals surface area contributed by atoms with Crippen molar-refractivity contribution < 1.29 is 19.2 Å². The fraction of sp³-hybridized carbons (Fsp3) is 0.250. The van der Waals surface area contributed by atoms with Gasteiger partial charge in [0.05, 0.1) is 18.7 Å². The summed E-state index contributed by atoms with van der Waals surface area (Å²) in [7, 11) is 3.24. The topological polar surface area (TPSA) is 35.1 Å². The number of halogens is 2. The van der Waals surface area contributed by atoms with Gasteiger partial charge in [0.25, 0.3) is 0 Å². The molecule has 2 N–H and O–H groups in total. The molecular formula is C16H18BrFNO2+. The van der Waals surface area contributed by atoms with E-state index in [0.29, 0.717) is 11.5 Å². The van der Waals surface area contributed by atoms with Crippen molar-refractivity contribution in [2.45, 2.75) is 13.1 Å². The molecule has 0 aliphatic carbocycles. The third-order valence-corrected chi connectivity index (χ3v) is 3.76. The van der Waals surface area contributed by atoms with Crippen LogP contribution in [0.1, 0.15) is 11.1 Å². The second-order valence-corrected chi connectivity index (χ2v) is 5.49. The molecule has 0 radical (unpaired) electrons. The molecule has 0 spiro atoms. The lowest BCUT2D eigenvalue weighted by Gasteiger charge is -2.11. The lowest BCUT2D eigenvalue weighted by Crippen LogP contribution is -2.80. The van der Waals surface area contributed by atoms with Crippen LogP contribution in [0, 0.1) is 5.82 Å². The molecule has 0 saturated heterocycles. The fourth-order valence-corrected chi connectivity index (χ4v) is 2.77. The molecule has 0 aromatic heterocycles.